The minimum Gasteiger partial charge on any atom is -0.475 e. The fourth-order valence-corrected chi connectivity index (χ4v) is 2.70. The Morgan fingerprint density at radius 3 is 2.00 bits per heavy atom. The van der Waals surface area contributed by atoms with Gasteiger partial charge in [-0.1, -0.05) is 18.2 Å². The molecule has 1 heterocycles. The van der Waals surface area contributed by atoms with Crippen molar-refractivity contribution in [2.75, 3.05) is 21.3 Å². The summed E-state index contributed by atoms with van der Waals surface area (Å²) in [6.45, 7) is 3.52. The van der Waals surface area contributed by atoms with E-state index >= 15 is 0 Å². The van der Waals surface area contributed by atoms with Gasteiger partial charge in [0.05, 0.1) is 33.0 Å². The van der Waals surface area contributed by atoms with Gasteiger partial charge in [-0.15, -0.1) is 0 Å². The SMILES string of the molecule is COC(=O)C(C(=O)OC)c1c(OC(C)C)n(C(=O)OC)c2ccccc12. The lowest BCUT2D eigenvalue weighted by Crippen LogP contribution is -2.26. The zero-order chi connectivity index (χ0) is 19.4. The van der Waals surface area contributed by atoms with Crippen LogP contribution in [-0.2, 0) is 23.8 Å². The van der Waals surface area contributed by atoms with Crippen LogP contribution in [0, 0.1) is 0 Å². The van der Waals surface area contributed by atoms with Crippen molar-refractivity contribution in [3.05, 3.63) is 29.8 Å². The molecule has 0 aliphatic carbocycles. The predicted octanol–water partition coefficient (Wildman–Crippen LogP) is 2.47. The molecular formula is C18H21NO7. The van der Waals surface area contributed by atoms with Crippen molar-refractivity contribution in [1.29, 1.82) is 0 Å². The first-order valence-electron chi connectivity index (χ1n) is 7.91. The van der Waals surface area contributed by atoms with Crippen LogP contribution in [0.15, 0.2) is 24.3 Å². The van der Waals surface area contributed by atoms with E-state index in [9.17, 15) is 14.4 Å². The predicted molar refractivity (Wildman–Crippen MR) is 92.3 cm³/mol. The Morgan fingerprint density at radius 1 is 0.923 bits per heavy atom. The zero-order valence-corrected chi connectivity index (χ0v) is 15.3. The van der Waals surface area contributed by atoms with Gasteiger partial charge in [-0.3, -0.25) is 9.59 Å². The Kier molecular flexibility index (Phi) is 5.86. The van der Waals surface area contributed by atoms with Crippen LogP contribution in [0.3, 0.4) is 0 Å². The summed E-state index contributed by atoms with van der Waals surface area (Å²) in [6, 6.07) is 6.78. The largest absolute Gasteiger partial charge is 0.475 e. The van der Waals surface area contributed by atoms with E-state index in [1.165, 1.54) is 25.9 Å². The van der Waals surface area contributed by atoms with Crippen LogP contribution >= 0.6 is 0 Å². The molecule has 0 saturated heterocycles. The summed E-state index contributed by atoms with van der Waals surface area (Å²) in [5.74, 6) is -3.01. The molecule has 0 saturated carbocycles. The number of para-hydroxylation sites is 1. The maximum atomic E-state index is 12.4. The average Bonchev–Trinajstić information content (AvgIpc) is 2.94. The fraction of sp³-hybridized carbons (Fsp3) is 0.389. The molecule has 0 unspecified atom stereocenters. The third kappa shape index (κ3) is 3.35. The van der Waals surface area contributed by atoms with Crippen LogP contribution in [0.1, 0.15) is 25.3 Å². The molecule has 1 aromatic heterocycles. The molecule has 140 valence electrons. The second-order valence-corrected chi connectivity index (χ2v) is 5.69. The van der Waals surface area contributed by atoms with E-state index in [0.717, 1.165) is 0 Å². The number of rotatable bonds is 5. The summed E-state index contributed by atoms with van der Waals surface area (Å²) in [5.41, 5.74) is 0.626. The number of benzene rings is 1. The number of nitrogens with zero attached hydrogens (tertiary/aromatic N) is 1. The van der Waals surface area contributed by atoms with Gasteiger partial charge in [0.25, 0.3) is 0 Å². The number of hydrogen-bond acceptors (Lipinski definition) is 7. The van der Waals surface area contributed by atoms with Gasteiger partial charge in [-0.05, 0) is 19.9 Å². The fourth-order valence-electron chi connectivity index (χ4n) is 2.70. The lowest BCUT2D eigenvalue weighted by Gasteiger charge is -2.17. The van der Waals surface area contributed by atoms with Gasteiger partial charge in [0.2, 0.25) is 5.88 Å². The van der Waals surface area contributed by atoms with Gasteiger partial charge < -0.3 is 18.9 Å². The molecule has 0 radical (unpaired) electrons. The van der Waals surface area contributed by atoms with E-state index in [4.69, 9.17) is 18.9 Å². The van der Waals surface area contributed by atoms with E-state index < -0.39 is 23.9 Å². The van der Waals surface area contributed by atoms with Crippen molar-refractivity contribution in [1.82, 2.24) is 4.57 Å². The highest BCUT2D eigenvalue weighted by Crippen LogP contribution is 2.39. The third-order valence-corrected chi connectivity index (χ3v) is 3.74. The molecule has 0 aliphatic rings. The molecule has 0 atom stereocenters. The van der Waals surface area contributed by atoms with Gasteiger partial charge in [0, 0.05) is 10.9 Å². The summed E-state index contributed by atoms with van der Waals surface area (Å²) >= 11 is 0. The molecule has 0 amide bonds. The first-order valence-corrected chi connectivity index (χ1v) is 7.91. The number of aromatic nitrogens is 1. The third-order valence-electron chi connectivity index (χ3n) is 3.74. The molecule has 2 aromatic rings. The molecule has 2 rings (SSSR count). The Bertz CT molecular complexity index is 821. The lowest BCUT2D eigenvalue weighted by molar-refractivity contribution is -0.154. The molecule has 0 N–H and O–H groups in total. The number of carbonyl (C=O) groups excluding carboxylic acids is 3. The number of esters is 2. The number of carbonyl (C=O) groups is 3. The minimum atomic E-state index is -1.41. The molecule has 0 aliphatic heterocycles. The van der Waals surface area contributed by atoms with Crippen LogP contribution in [-0.4, -0.2) is 50.0 Å². The molecule has 8 heteroatoms. The van der Waals surface area contributed by atoms with Crippen molar-refractivity contribution in [2.45, 2.75) is 25.9 Å². The Balaban J connectivity index is 2.91. The molecule has 0 bridgehead atoms. The quantitative estimate of drug-likeness (QED) is 0.458. The molecule has 0 spiro atoms. The molecule has 1 aromatic carbocycles. The van der Waals surface area contributed by atoms with Crippen LogP contribution in [0.4, 0.5) is 4.79 Å². The smallest absolute Gasteiger partial charge is 0.421 e. The van der Waals surface area contributed by atoms with E-state index in [2.05, 4.69) is 0 Å². The summed E-state index contributed by atoms with van der Waals surface area (Å²) < 4.78 is 21.4. The number of hydrogen-bond donors (Lipinski definition) is 0. The van der Waals surface area contributed by atoms with Crippen molar-refractivity contribution >= 4 is 28.9 Å². The van der Waals surface area contributed by atoms with Crippen molar-refractivity contribution in [3.8, 4) is 5.88 Å². The Morgan fingerprint density at radius 2 is 1.50 bits per heavy atom. The topological polar surface area (TPSA) is 93.1 Å². The van der Waals surface area contributed by atoms with Gasteiger partial charge in [0.1, 0.15) is 0 Å². The van der Waals surface area contributed by atoms with E-state index in [0.29, 0.717) is 10.9 Å². The Hall–Kier alpha value is -3.03. The van der Waals surface area contributed by atoms with E-state index in [1.807, 2.05) is 0 Å². The minimum absolute atomic E-state index is 0.0360. The summed E-state index contributed by atoms with van der Waals surface area (Å²) in [4.78, 5) is 37.1. The van der Waals surface area contributed by atoms with Crippen molar-refractivity contribution in [2.24, 2.45) is 0 Å². The second kappa shape index (κ2) is 7.90. The van der Waals surface area contributed by atoms with Gasteiger partial charge in [-0.2, -0.15) is 0 Å². The summed E-state index contributed by atoms with van der Waals surface area (Å²) in [7, 11) is 3.56. The Labute approximate surface area is 150 Å². The van der Waals surface area contributed by atoms with Gasteiger partial charge >= 0.3 is 18.0 Å². The van der Waals surface area contributed by atoms with Crippen LogP contribution < -0.4 is 4.74 Å². The standard InChI is InChI=1S/C18H21NO7/c1-10(2)26-15-13(14(16(20)23-3)17(21)24-4)11-8-6-7-9-12(11)19(15)18(22)25-5/h6-10,14H,1-5H3. The van der Waals surface area contributed by atoms with Crippen LogP contribution in [0.2, 0.25) is 0 Å². The highest BCUT2D eigenvalue weighted by atomic mass is 16.6. The number of fused-ring (bicyclic) bond motifs is 1. The molecule has 0 fully saturated rings. The summed E-state index contributed by atoms with van der Waals surface area (Å²) in [5, 5.41) is 0.481. The number of methoxy groups -OCH3 is 3. The highest BCUT2D eigenvalue weighted by molar-refractivity contribution is 6.07. The van der Waals surface area contributed by atoms with Crippen molar-refractivity contribution in [3.63, 3.8) is 0 Å². The maximum Gasteiger partial charge on any atom is 0.421 e. The van der Waals surface area contributed by atoms with Gasteiger partial charge in [0.15, 0.2) is 5.92 Å². The van der Waals surface area contributed by atoms with Gasteiger partial charge in [-0.25, -0.2) is 9.36 Å². The van der Waals surface area contributed by atoms with Crippen LogP contribution in [0.5, 0.6) is 5.88 Å². The molecule has 8 nitrogen and oxygen atoms in total. The highest BCUT2D eigenvalue weighted by Gasteiger charge is 2.39. The normalized spacial score (nSPS) is 10.9. The van der Waals surface area contributed by atoms with Crippen LogP contribution in [0.25, 0.3) is 10.9 Å². The first-order chi connectivity index (χ1) is 12.4. The molecule has 26 heavy (non-hydrogen) atoms. The summed E-state index contributed by atoms with van der Waals surface area (Å²) in [6.07, 6.45) is -1.05. The lowest BCUT2D eigenvalue weighted by atomic mass is 9.98. The maximum absolute atomic E-state index is 12.4. The zero-order valence-electron chi connectivity index (χ0n) is 15.3. The number of ether oxygens (including phenoxy) is 4. The van der Waals surface area contributed by atoms with Crippen molar-refractivity contribution < 1.29 is 33.3 Å². The first kappa shape index (κ1) is 19.3. The monoisotopic (exact) mass is 363 g/mol. The van der Waals surface area contributed by atoms with E-state index in [1.54, 1.807) is 38.1 Å². The average molecular weight is 363 g/mol. The second-order valence-electron chi connectivity index (χ2n) is 5.69. The van der Waals surface area contributed by atoms with E-state index in [-0.39, 0.29) is 17.5 Å². The molecular weight excluding hydrogens is 342 g/mol.